The largest absolute Gasteiger partial charge is 0.780 e. The number of nitrogens with zero attached hydrogens (tertiary/aromatic N) is 5. The van der Waals surface area contributed by atoms with Crippen LogP contribution in [0.4, 0.5) is 5.82 Å². The minimum absolute atomic E-state index is 0.0639. The number of nitrogens with two attached hydrogens (primary N) is 1. The van der Waals surface area contributed by atoms with Crippen LogP contribution in [0.2, 0.25) is 0 Å². The summed E-state index contributed by atoms with van der Waals surface area (Å²) in [7, 11) is 0. The highest BCUT2D eigenvalue weighted by Crippen LogP contribution is 2.53. The molecule has 2 unspecified atom stereocenters. The summed E-state index contributed by atoms with van der Waals surface area (Å²) in [5.74, 6) is 0.0639. The van der Waals surface area contributed by atoms with Crippen LogP contribution in [0.5, 0.6) is 0 Å². The molecule has 3 saturated heterocycles. The second kappa shape index (κ2) is 11.1. The van der Waals surface area contributed by atoms with Crippen LogP contribution in [-0.4, -0.2) is 89.1 Å². The fraction of sp³-hybridized carbons (Fsp3) is 0.526. The molecule has 42 heavy (non-hydrogen) atoms. The lowest BCUT2D eigenvalue weighted by Crippen LogP contribution is -2.39. The Bertz CT molecular complexity index is 1720. The van der Waals surface area contributed by atoms with E-state index in [2.05, 4.69) is 15.0 Å². The molecule has 0 radical (unpaired) electrons. The third-order valence-corrected chi connectivity index (χ3v) is 9.79. The molecule has 0 aliphatic carbocycles. The molecule has 2 bridgehead atoms. The number of nitrogen functional groups attached to an aromatic ring is 1. The topological polar surface area (TPSA) is 260 Å². The van der Waals surface area contributed by atoms with Crippen molar-refractivity contribution in [1.82, 2.24) is 29.1 Å². The minimum atomic E-state index is -4.47. The van der Waals surface area contributed by atoms with E-state index in [1.165, 1.54) is 17.2 Å². The zero-order valence-electron chi connectivity index (χ0n) is 20.8. The molecule has 3 fully saturated rings. The van der Waals surface area contributed by atoms with Crippen molar-refractivity contribution in [2.75, 3.05) is 18.9 Å². The zero-order valence-corrected chi connectivity index (χ0v) is 24.3. The van der Waals surface area contributed by atoms with Crippen molar-refractivity contribution < 1.29 is 47.2 Å². The number of imidazole rings is 1. The fourth-order valence-corrected chi connectivity index (χ4v) is 7.61. The summed E-state index contributed by atoms with van der Waals surface area (Å²) in [6, 6.07) is 1.01. The van der Waals surface area contributed by atoms with Crippen LogP contribution in [0, 0.1) is 0 Å². The van der Waals surface area contributed by atoms with E-state index in [1.807, 2.05) is 4.98 Å². The van der Waals surface area contributed by atoms with Gasteiger partial charge in [0.05, 0.1) is 19.5 Å². The predicted octanol–water partition coefficient (Wildman–Crippen LogP) is -2.47. The Labute approximate surface area is 244 Å². The summed E-state index contributed by atoms with van der Waals surface area (Å²) in [4.78, 5) is 51.1. The van der Waals surface area contributed by atoms with Crippen LogP contribution in [0.25, 0.3) is 11.2 Å². The molecule has 3 aromatic heterocycles. The SMILES string of the molecule is Nc1ncnc2c1ncn2[C@@H]1O[C@@H]2COP([O-])(=S)O[C@H]3[C@@H](O)[C@H](n4ccc(=O)[nH]c4=O)O[C@@H]3COP(=O)([S-])O[C@@H]1[C@@H]2O. The van der Waals surface area contributed by atoms with Gasteiger partial charge < -0.3 is 60.7 Å². The van der Waals surface area contributed by atoms with E-state index in [4.69, 9.17) is 57.4 Å². The molecule has 19 nitrogen and oxygen atoms in total. The van der Waals surface area contributed by atoms with Crippen LogP contribution in [0.3, 0.4) is 0 Å². The van der Waals surface area contributed by atoms with Gasteiger partial charge in [-0.25, -0.2) is 19.7 Å². The molecule has 0 spiro atoms. The molecule has 6 rings (SSSR count). The molecule has 3 aromatic rings. The van der Waals surface area contributed by atoms with Gasteiger partial charge in [0.1, 0.15) is 55.2 Å². The molecule has 3 aliphatic heterocycles. The van der Waals surface area contributed by atoms with Crippen molar-refractivity contribution in [3.8, 4) is 0 Å². The van der Waals surface area contributed by atoms with Crippen molar-refractivity contribution in [3.63, 3.8) is 0 Å². The van der Waals surface area contributed by atoms with Gasteiger partial charge in [0, 0.05) is 12.3 Å². The minimum Gasteiger partial charge on any atom is -0.780 e. The van der Waals surface area contributed by atoms with Crippen LogP contribution in [0.1, 0.15) is 12.5 Å². The number of H-pyrrole nitrogens is 1. The number of nitrogens with one attached hydrogen (secondary N) is 1. The lowest BCUT2D eigenvalue weighted by Gasteiger charge is -2.34. The van der Waals surface area contributed by atoms with E-state index >= 15 is 0 Å². The van der Waals surface area contributed by atoms with Crippen molar-refractivity contribution in [3.05, 3.63) is 45.8 Å². The summed E-state index contributed by atoms with van der Waals surface area (Å²) >= 11 is 10.1. The first-order valence-electron chi connectivity index (χ1n) is 12.0. The van der Waals surface area contributed by atoms with Gasteiger partial charge in [0.2, 0.25) is 6.80 Å². The summed E-state index contributed by atoms with van der Waals surface area (Å²) in [6.45, 7) is -10.2. The van der Waals surface area contributed by atoms with Crippen LogP contribution < -0.4 is 21.9 Å². The molecule has 0 saturated carbocycles. The molecular formula is C19H21N7O12P2S2-2. The Balaban J connectivity index is 1.32. The molecule has 6 heterocycles. The first-order valence-corrected chi connectivity index (χ1v) is 17.1. The van der Waals surface area contributed by atoms with Gasteiger partial charge in [-0.2, -0.15) is 0 Å². The number of anilines is 1. The Kier molecular flexibility index (Phi) is 7.93. The number of hydrogen-bond acceptors (Lipinski definition) is 18. The predicted molar refractivity (Wildman–Crippen MR) is 142 cm³/mol. The maximum absolute atomic E-state index is 13.3. The molecule has 0 amide bonds. The van der Waals surface area contributed by atoms with E-state index in [0.717, 1.165) is 16.8 Å². The number of aromatic amines is 1. The molecule has 228 valence electrons. The second-order valence-corrected chi connectivity index (χ2v) is 14.7. The monoisotopic (exact) mass is 665 g/mol. The molecule has 0 aromatic carbocycles. The van der Waals surface area contributed by atoms with Crippen LogP contribution in [-0.2, 0) is 56.2 Å². The van der Waals surface area contributed by atoms with Crippen molar-refractivity contribution in [2.24, 2.45) is 0 Å². The summed E-state index contributed by atoms with van der Waals surface area (Å²) in [5, 5.41) is 22.0. The standard InChI is InChI=1S/C19H23N7O12P2S2/c20-15-10-16(22-5-21-15)26(6-23-10)18-14-11(28)7(35-18)3-33-39(31,41)37-13-8(4-34-40(32,42)38-14)36-17(12(13)29)25-2-1-9(27)24-19(25)30/h1-2,5-8,11-14,17-18,28-29H,3-4H2,(H,31,41)(H,32,42)(H2,20,21,22)(H,24,27,30)/p-2/t7-,8-,11-,12-,13-,14-,17-,18-,39?,40?/m1/s1. The lowest BCUT2D eigenvalue weighted by molar-refractivity contribution is -0.217. The third kappa shape index (κ3) is 5.61. The van der Waals surface area contributed by atoms with Gasteiger partial charge in [-0.3, -0.25) is 23.5 Å². The van der Waals surface area contributed by atoms with E-state index in [9.17, 15) is 29.3 Å². The first-order chi connectivity index (χ1) is 19.8. The van der Waals surface area contributed by atoms with Crippen molar-refractivity contribution in [2.45, 2.75) is 49.1 Å². The maximum atomic E-state index is 13.3. The highest BCUT2D eigenvalue weighted by molar-refractivity contribution is 8.32. The van der Waals surface area contributed by atoms with Gasteiger partial charge in [-0.05, 0) is 0 Å². The second-order valence-electron chi connectivity index (χ2n) is 9.34. The number of aromatic nitrogens is 6. The number of ether oxygens (including phenoxy) is 2. The Morgan fingerprint density at radius 2 is 1.79 bits per heavy atom. The number of aliphatic hydroxyl groups excluding tert-OH is 2. The molecule has 10 atom stereocenters. The Hall–Kier alpha value is -2.10. The quantitative estimate of drug-likeness (QED) is 0.163. The van der Waals surface area contributed by atoms with Gasteiger partial charge >= 0.3 is 5.69 Å². The van der Waals surface area contributed by atoms with Gasteiger partial charge in [-0.15, -0.1) is 0 Å². The number of hydrogen-bond donors (Lipinski definition) is 4. The highest BCUT2D eigenvalue weighted by Gasteiger charge is 2.50. The lowest BCUT2D eigenvalue weighted by atomic mass is 10.1. The number of rotatable bonds is 2. The van der Waals surface area contributed by atoms with Gasteiger partial charge in [-0.1, -0.05) is 11.8 Å². The van der Waals surface area contributed by atoms with Gasteiger partial charge in [0.25, 0.3) is 5.56 Å². The highest BCUT2D eigenvalue weighted by atomic mass is 32.7. The number of aliphatic hydroxyl groups is 2. The average molecular weight is 665 g/mol. The average Bonchev–Trinajstić information content (AvgIpc) is 3.57. The summed E-state index contributed by atoms with van der Waals surface area (Å²) in [6.07, 6.45) is -8.13. The van der Waals surface area contributed by atoms with E-state index in [0.29, 0.717) is 0 Å². The van der Waals surface area contributed by atoms with Crippen molar-refractivity contribution >= 4 is 54.6 Å². The first kappa shape index (κ1) is 29.9. The van der Waals surface area contributed by atoms with E-state index in [-0.39, 0.29) is 17.0 Å². The normalized spacial score (nSPS) is 39.3. The molecular weight excluding hydrogens is 644 g/mol. The van der Waals surface area contributed by atoms with Crippen LogP contribution >= 0.6 is 13.5 Å². The number of fused-ring (bicyclic) bond motifs is 4. The van der Waals surface area contributed by atoms with Crippen LogP contribution in [0.15, 0.2) is 34.5 Å². The zero-order chi connectivity index (χ0) is 30.0. The Morgan fingerprint density at radius 1 is 1.05 bits per heavy atom. The summed E-state index contributed by atoms with van der Waals surface area (Å²) in [5.41, 5.74) is 4.63. The maximum Gasteiger partial charge on any atom is 0.330 e. The van der Waals surface area contributed by atoms with Gasteiger partial charge in [0.15, 0.2) is 23.9 Å². The fourth-order valence-electron chi connectivity index (χ4n) is 4.78. The molecule has 23 heteroatoms. The third-order valence-electron chi connectivity index (χ3n) is 6.70. The van der Waals surface area contributed by atoms with E-state index in [1.54, 1.807) is 0 Å². The smallest absolute Gasteiger partial charge is 0.330 e. The Morgan fingerprint density at radius 3 is 2.55 bits per heavy atom. The molecule has 3 aliphatic rings. The molecule has 5 N–H and O–H groups in total. The summed E-state index contributed by atoms with van der Waals surface area (Å²) < 4.78 is 48.9. The van der Waals surface area contributed by atoms with Crippen molar-refractivity contribution in [1.29, 1.82) is 0 Å². The van der Waals surface area contributed by atoms with E-state index < -0.39 is 87.1 Å².